The van der Waals surface area contributed by atoms with Gasteiger partial charge < -0.3 is 0 Å². The van der Waals surface area contributed by atoms with E-state index in [9.17, 15) is 4.79 Å². The molecule has 0 saturated carbocycles. The van der Waals surface area contributed by atoms with Crippen molar-refractivity contribution in [3.63, 3.8) is 0 Å². The number of hydrogen-bond acceptors (Lipinski definition) is 4. The number of amides is 1. The van der Waals surface area contributed by atoms with Crippen LogP contribution in [0.3, 0.4) is 0 Å². The summed E-state index contributed by atoms with van der Waals surface area (Å²) < 4.78 is 1.01. The van der Waals surface area contributed by atoms with E-state index < -0.39 is 0 Å². The Hall–Kier alpha value is -1.01. The van der Waals surface area contributed by atoms with E-state index in [-0.39, 0.29) is 0 Å². The van der Waals surface area contributed by atoms with Crippen molar-refractivity contribution < 1.29 is 4.79 Å². The Kier molecular flexibility index (Phi) is 2.47. The summed E-state index contributed by atoms with van der Waals surface area (Å²) in [7, 11) is 0. The third-order valence-corrected chi connectivity index (χ3v) is 3.27. The number of aromatic nitrogens is 2. The molecular weight excluding hydrogens is 266 g/mol. The van der Waals surface area contributed by atoms with Crippen molar-refractivity contribution in [3.05, 3.63) is 15.5 Å². The number of hydrogen-bond donors (Lipinski definition) is 1. The van der Waals surface area contributed by atoms with Crippen LogP contribution in [0, 0.1) is 6.92 Å². The topological polar surface area (TPSA) is 54.9 Å². The molecule has 72 valence electrons. The highest BCUT2D eigenvalue weighted by molar-refractivity contribution is 9.11. The average Bonchev–Trinajstić information content (AvgIpc) is 2.47. The molecule has 2 aromatic heterocycles. The lowest BCUT2D eigenvalue weighted by Gasteiger charge is -1.98. The monoisotopic (exact) mass is 271 g/mol. The zero-order valence-electron chi connectivity index (χ0n) is 7.24. The van der Waals surface area contributed by atoms with Crippen LogP contribution in [0.2, 0.25) is 0 Å². The predicted octanol–water partition coefficient (Wildman–Crippen LogP) is 2.33. The van der Waals surface area contributed by atoms with Gasteiger partial charge in [0.2, 0.25) is 12.4 Å². The fourth-order valence-electron chi connectivity index (χ4n) is 1.15. The molecule has 0 bridgehead atoms. The van der Waals surface area contributed by atoms with Gasteiger partial charge in [-0.3, -0.25) is 10.1 Å². The van der Waals surface area contributed by atoms with Crippen LogP contribution < -0.4 is 5.32 Å². The molecule has 0 atom stereocenters. The molecular formula is C8H6BrN3OS. The summed E-state index contributed by atoms with van der Waals surface area (Å²) in [5.41, 5.74) is 0.862. The number of anilines is 1. The molecule has 14 heavy (non-hydrogen) atoms. The number of halogens is 1. The van der Waals surface area contributed by atoms with Gasteiger partial charge in [0, 0.05) is 5.39 Å². The van der Waals surface area contributed by atoms with Gasteiger partial charge in [-0.25, -0.2) is 9.97 Å². The molecule has 2 aromatic rings. The van der Waals surface area contributed by atoms with Crippen LogP contribution in [0.5, 0.6) is 0 Å². The lowest BCUT2D eigenvalue weighted by Crippen LogP contribution is -2.00. The molecule has 4 nitrogen and oxygen atoms in total. The first kappa shape index (κ1) is 9.54. The van der Waals surface area contributed by atoms with Crippen LogP contribution in [0.1, 0.15) is 5.69 Å². The highest BCUT2D eigenvalue weighted by atomic mass is 79.9. The van der Waals surface area contributed by atoms with Crippen molar-refractivity contribution in [2.75, 3.05) is 5.32 Å². The minimum absolute atomic E-state index is 0.347. The Morgan fingerprint density at radius 1 is 1.57 bits per heavy atom. The van der Waals surface area contributed by atoms with Gasteiger partial charge in [-0.05, 0) is 28.9 Å². The maximum Gasteiger partial charge on any atom is 0.230 e. The third kappa shape index (κ3) is 1.62. The second-order valence-corrected chi connectivity index (χ2v) is 5.07. The van der Waals surface area contributed by atoms with Gasteiger partial charge in [-0.15, -0.1) is 11.3 Å². The number of aryl methyl sites for hydroxylation is 1. The van der Waals surface area contributed by atoms with Crippen LogP contribution >= 0.6 is 27.3 Å². The maximum atomic E-state index is 10.2. The van der Waals surface area contributed by atoms with E-state index in [1.165, 1.54) is 11.3 Å². The second-order valence-electron chi connectivity index (χ2n) is 2.66. The van der Waals surface area contributed by atoms with Gasteiger partial charge in [0.15, 0.2) is 0 Å². The van der Waals surface area contributed by atoms with Crippen LogP contribution in [0.25, 0.3) is 10.2 Å². The van der Waals surface area contributed by atoms with Gasteiger partial charge in [0.1, 0.15) is 4.83 Å². The number of thiophene rings is 1. The molecule has 6 heteroatoms. The molecule has 0 unspecified atom stereocenters. The van der Waals surface area contributed by atoms with E-state index in [1.54, 1.807) is 0 Å². The molecule has 2 heterocycles. The molecule has 0 aliphatic heterocycles. The third-order valence-electron chi connectivity index (χ3n) is 1.74. The van der Waals surface area contributed by atoms with Crippen molar-refractivity contribution in [2.45, 2.75) is 6.92 Å². The summed E-state index contributed by atoms with van der Waals surface area (Å²) in [5, 5.41) is 3.45. The lowest BCUT2D eigenvalue weighted by atomic mass is 10.3. The first-order valence-electron chi connectivity index (χ1n) is 3.84. The number of carbonyl (C=O) groups is 1. The van der Waals surface area contributed by atoms with Crippen molar-refractivity contribution in [1.29, 1.82) is 0 Å². The summed E-state index contributed by atoms with van der Waals surface area (Å²) in [6, 6.07) is 1.97. The molecule has 0 aliphatic rings. The number of nitrogens with one attached hydrogen (secondary N) is 1. The zero-order valence-corrected chi connectivity index (χ0v) is 9.65. The van der Waals surface area contributed by atoms with Gasteiger partial charge in [-0.2, -0.15) is 0 Å². The highest BCUT2D eigenvalue weighted by Gasteiger charge is 2.07. The van der Waals surface area contributed by atoms with E-state index >= 15 is 0 Å². The van der Waals surface area contributed by atoms with Crippen LogP contribution in [0.15, 0.2) is 9.85 Å². The Bertz CT molecular complexity index is 497. The Morgan fingerprint density at radius 3 is 3.07 bits per heavy atom. The van der Waals surface area contributed by atoms with E-state index in [0.29, 0.717) is 12.4 Å². The SMILES string of the molecule is Cc1nc(NC=O)nc2sc(Br)cc12. The molecule has 0 spiro atoms. The largest absolute Gasteiger partial charge is 0.297 e. The lowest BCUT2D eigenvalue weighted by molar-refractivity contribution is -0.105. The zero-order chi connectivity index (χ0) is 10.1. The van der Waals surface area contributed by atoms with Gasteiger partial charge in [0.25, 0.3) is 0 Å². The van der Waals surface area contributed by atoms with Crippen molar-refractivity contribution >= 4 is 49.8 Å². The Morgan fingerprint density at radius 2 is 2.36 bits per heavy atom. The standard InChI is InChI=1S/C8H6BrN3OS/c1-4-5-2-6(9)14-7(5)12-8(11-4)10-3-13/h2-3H,1H3,(H,10,11,12,13). The first-order valence-corrected chi connectivity index (χ1v) is 5.45. The molecule has 0 saturated heterocycles. The highest BCUT2D eigenvalue weighted by Crippen LogP contribution is 2.30. The van der Waals surface area contributed by atoms with Gasteiger partial charge in [0.05, 0.1) is 9.48 Å². The van der Waals surface area contributed by atoms with E-state index in [0.717, 1.165) is 19.7 Å². The smallest absolute Gasteiger partial charge is 0.230 e. The van der Waals surface area contributed by atoms with E-state index in [4.69, 9.17) is 0 Å². The molecule has 2 rings (SSSR count). The minimum Gasteiger partial charge on any atom is -0.297 e. The fourth-order valence-corrected chi connectivity index (χ4v) is 2.65. The van der Waals surface area contributed by atoms with Crippen molar-refractivity contribution in [2.24, 2.45) is 0 Å². The molecule has 1 amide bonds. The van der Waals surface area contributed by atoms with Gasteiger partial charge in [-0.1, -0.05) is 0 Å². The maximum absolute atomic E-state index is 10.2. The van der Waals surface area contributed by atoms with Crippen LogP contribution in [0.4, 0.5) is 5.95 Å². The first-order chi connectivity index (χ1) is 6.70. The Labute approximate surface area is 92.5 Å². The summed E-state index contributed by atoms with van der Waals surface area (Å²) in [4.78, 5) is 19.4. The molecule has 0 aliphatic carbocycles. The van der Waals surface area contributed by atoms with Crippen LogP contribution in [-0.4, -0.2) is 16.4 Å². The molecule has 0 radical (unpaired) electrons. The van der Waals surface area contributed by atoms with Crippen molar-refractivity contribution in [1.82, 2.24) is 9.97 Å². The summed E-state index contributed by atoms with van der Waals surface area (Å²) >= 11 is 4.90. The molecule has 0 fully saturated rings. The van der Waals surface area contributed by atoms with Crippen LogP contribution in [-0.2, 0) is 4.79 Å². The Balaban J connectivity index is 2.64. The number of carbonyl (C=O) groups excluding carboxylic acids is 1. The van der Waals surface area contributed by atoms with E-state index in [2.05, 4.69) is 31.2 Å². The number of nitrogens with zero attached hydrogens (tertiary/aromatic N) is 2. The normalized spacial score (nSPS) is 10.4. The molecule has 1 N–H and O–H groups in total. The summed E-state index contributed by atoms with van der Waals surface area (Å²) in [6.45, 7) is 1.89. The van der Waals surface area contributed by atoms with Crippen molar-refractivity contribution in [3.8, 4) is 0 Å². The minimum atomic E-state index is 0.347. The average molecular weight is 272 g/mol. The number of fused-ring (bicyclic) bond motifs is 1. The predicted molar refractivity (Wildman–Crippen MR) is 59.5 cm³/mol. The quantitative estimate of drug-likeness (QED) is 0.853. The second kappa shape index (κ2) is 3.62. The number of rotatable bonds is 2. The van der Waals surface area contributed by atoms with E-state index in [1.807, 2.05) is 13.0 Å². The molecule has 0 aromatic carbocycles. The fraction of sp³-hybridized carbons (Fsp3) is 0.125. The van der Waals surface area contributed by atoms with Gasteiger partial charge >= 0.3 is 0 Å². The summed E-state index contributed by atoms with van der Waals surface area (Å²) in [5.74, 6) is 0.347. The summed E-state index contributed by atoms with van der Waals surface area (Å²) in [6.07, 6.45) is 0.573.